The van der Waals surface area contributed by atoms with Gasteiger partial charge in [-0.3, -0.25) is 0 Å². The minimum absolute atomic E-state index is 0.719. The highest BCUT2D eigenvalue weighted by atomic mass is 16.5. The normalized spacial score (nSPS) is 23.9. The zero-order valence-electron chi connectivity index (χ0n) is 11.6. The Morgan fingerprint density at radius 2 is 2.00 bits per heavy atom. The Morgan fingerprint density at radius 3 is 2.67 bits per heavy atom. The molecule has 1 aliphatic heterocycles. The van der Waals surface area contributed by atoms with Crippen LogP contribution in [-0.2, 0) is 0 Å². The molecule has 1 fully saturated rings. The van der Waals surface area contributed by atoms with Crippen molar-refractivity contribution in [3.63, 3.8) is 0 Å². The minimum atomic E-state index is 0.719. The molecular formula is C16H25NO. The van der Waals surface area contributed by atoms with E-state index in [9.17, 15) is 0 Å². The predicted octanol–water partition coefficient (Wildman–Crippen LogP) is 3.58. The van der Waals surface area contributed by atoms with Gasteiger partial charge in [-0.2, -0.15) is 0 Å². The van der Waals surface area contributed by atoms with Crippen molar-refractivity contribution >= 4 is 0 Å². The van der Waals surface area contributed by atoms with Gasteiger partial charge < -0.3 is 10.1 Å². The first-order chi connectivity index (χ1) is 8.85. The summed E-state index contributed by atoms with van der Waals surface area (Å²) < 4.78 is 5.64. The van der Waals surface area contributed by atoms with Crippen molar-refractivity contribution in [2.75, 3.05) is 19.7 Å². The molecule has 1 heterocycles. The quantitative estimate of drug-likeness (QED) is 0.858. The van der Waals surface area contributed by atoms with Crippen molar-refractivity contribution < 1.29 is 4.74 Å². The Labute approximate surface area is 111 Å². The van der Waals surface area contributed by atoms with E-state index in [1.807, 2.05) is 0 Å². The fraction of sp³-hybridized carbons (Fsp3) is 0.625. The van der Waals surface area contributed by atoms with E-state index in [0.29, 0.717) is 0 Å². The van der Waals surface area contributed by atoms with E-state index >= 15 is 0 Å². The second kappa shape index (κ2) is 6.79. The van der Waals surface area contributed by atoms with Gasteiger partial charge in [-0.15, -0.1) is 0 Å². The molecule has 1 saturated heterocycles. The van der Waals surface area contributed by atoms with Crippen LogP contribution < -0.4 is 10.1 Å². The molecule has 2 atom stereocenters. The van der Waals surface area contributed by atoms with Crippen LogP contribution >= 0.6 is 0 Å². The third-order valence-electron chi connectivity index (χ3n) is 3.91. The monoisotopic (exact) mass is 247 g/mol. The van der Waals surface area contributed by atoms with E-state index in [-0.39, 0.29) is 0 Å². The summed E-state index contributed by atoms with van der Waals surface area (Å²) in [6.07, 6.45) is 3.58. The lowest BCUT2D eigenvalue weighted by Gasteiger charge is -2.32. The Hall–Kier alpha value is -1.02. The van der Waals surface area contributed by atoms with Gasteiger partial charge in [0.2, 0.25) is 0 Å². The van der Waals surface area contributed by atoms with Crippen LogP contribution in [0.15, 0.2) is 24.3 Å². The van der Waals surface area contributed by atoms with E-state index in [2.05, 4.69) is 43.4 Å². The molecule has 0 radical (unpaired) electrons. The number of benzene rings is 1. The third kappa shape index (κ3) is 3.26. The van der Waals surface area contributed by atoms with Crippen LogP contribution in [0.3, 0.4) is 0 Å². The molecule has 0 saturated carbocycles. The summed E-state index contributed by atoms with van der Waals surface area (Å²) in [5, 5.41) is 3.50. The first-order valence-electron chi connectivity index (χ1n) is 7.28. The van der Waals surface area contributed by atoms with E-state index in [4.69, 9.17) is 4.74 Å². The topological polar surface area (TPSA) is 21.3 Å². The average Bonchev–Trinajstić information content (AvgIpc) is 2.45. The molecular weight excluding hydrogens is 222 g/mol. The van der Waals surface area contributed by atoms with Crippen molar-refractivity contribution in [3.05, 3.63) is 29.8 Å². The fourth-order valence-electron chi connectivity index (χ4n) is 2.82. The summed E-state index contributed by atoms with van der Waals surface area (Å²) in [5.74, 6) is 2.50. The molecule has 100 valence electrons. The van der Waals surface area contributed by atoms with Crippen molar-refractivity contribution in [2.24, 2.45) is 5.92 Å². The second-order valence-corrected chi connectivity index (χ2v) is 5.19. The van der Waals surface area contributed by atoms with Crippen molar-refractivity contribution in [1.29, 1.82) is 0 Å². The minimum Gasteiger partial charge on any atom is -0.494 e. The van der Waals surface area contributed by atoms with E-state index in [0.717, 1.165) is 43.7 Å². The van der Waals surface area contributed by atoms with Gasteiger partial charge in [0.25, 0.3) is 0 Å². The third-order valence-corrected chi connectivity index (χ3v) is 3.91. The number of rotatable bonds is 5. The van der Waals surface area contributed by atoms with Crippen molar-refractivity contribution in [1.82, 2.24) is 5.32 Å². The summed E-state index contributed by atoms with van der Waals surface area (Å²) in [7, 11) is 0. The van der Waals surface area contributed by atoms with E-state index in [1.165, 1.54) is 18.4 Å². The summed E-state index contributed by atoms with van der Waals surface area (Å²) in [4.78, 5) is 0. The first-order valence-corrected chi connectivity index (χ1v) is 7.28. The first kappa shape index (κ1) is 13.4. The molecule has 1 aromatic rings. The maximum absolute atomic E-state index is 5.64. The molecule has 0 aliphatic carbocycles. The molecule has 2 rings (SSSR count). The second-order valence-electron chi connectivity index (χ2n) is 5.19. The van der Waals surface area contributed by atoms with Crippen LogP contribution in [0.5, 0.6) is 5.75 Å². The molecule has 1 N–H and O–H groups in total. The highest BCUT2D eigenvalue weighted by Gasteiger charge is 2.24. The van der Waals surface area contributed by atoms with Gasteiger partial charge in [-0.05, 0) is 55.5 Å². The zero-order chi connectivity index (χ0) is 12.8. The molecule has 0 aromatic heterocycles. The highest BCUT2D eigenvalue weighted by Crippen LogP contribution is 2.32. The molecule has 0 bridgehead atoms. The number of hydrogen-bond acceptors (Lipinski definition) is 2. The van der Waals surface area contributed by atoms with Gasteiger partial charge >= 0.3 is 0 Å². The standard InChI is InChI=1S/C16H25NO/c1-3-11-18-15-7-5-14(6-8-15)16-9-10-17-12-13(16)4-2/h5-8,13,16-17H,3-4,9-12H2,1-2H3. The Bertz CT molecular complexity index is 347. The number of hydrogen-bond donors (Lipinski definition) is 1. The van der Waals surface area contributed by atoms with Crippen LogP contribution in [0.4, 0.5) is 0 Å². The summed E-state index contributed by atoms with van der Waals surface area (Å²) in [5.41, 5.74) is 1.48. The number of nitrogens with one attached hydrogen (secondary N) is 1. The molecule has 2 heteroatoms. The lowest BCUT2D eigenvalue weighted by molar-refractivity contribution is 0.312. The molecule has 0 spiro atoms. The Kier molecular flexibility index (Phi) is 5.06. The SMILES string of the molecule is CCCOc1ccc(C2CCNCC2CC)cc1. The van der Waals surface area contributed by atoms with Gasteiger partial charge in [-0.25, -0.2) is 0 Å². The van der Waals surface area contributed by atoms with Crippen LogP contribution in [0, 0.1) is 5.92 Å². The van der Waals surface area contributed by atoms with Crippen LogP contribution in [0.1, 0.15) is 44.6 Å². The number of ether oxygens (including phenoxy) is 1. The molecule has 1 aromatic carbocycles. The Balaban J connectivity index is 2.03. The van der Waals surface area contributed by atoms with Crippen molar-refractivity contribution in [3.8, 4) is 5.75 Å². The van der Waals surface area contributed by atoms with Crippen LogP contribution in [0.2, 0.25) is 0 Å². The van der Waals surface area contributed by atoms with Crippen molar-refractivity contribution in [2.45, 2.75) is 39.0 Å². The van der Waals surface area contributed by atoms with Crippen LogP contribution in [0.25, 0.3) is 0 Å². The lowest BCUT2D eigenvalue weighted by atomic mass is 9.80. The zero-order valence-corrected chi connectivity index (χ0v) is 11.6. The molecule has 1 aliphatic rings. The average molecular weight is 247 g/mol. The van der Waals surface area contributed by atoms with Gasteiger partial charge in [0.15, 0.2) is 0 Å². The van der Waals surface area contributed by atoms with Crippen LogP contribution in [-0.4, -0.2) is 19.7 Å². The molecule has 2 unspecified atom stereocenters. The van der Waals surface area contributed by atoms with E-state index < -0.39 is 0 Å². The maximum Gasteiger partial charge on any atom is 0.119 e. The lowest BCUT2D eigenvalue weighted by Crippen LogP contribution is -2.35. The molecule has 2 nitrogen and oxygen atoms in total. The molecule has 0 amide bonds. The Morgan fingerprint density at radius 1 is 1.22 bits per heavy atom. The fourth-order valence-corrected chi connectivity index (χ4v) is 2.82. The molecule has 18 heavy (non-hydrogen) atoms. The summed E-state index contributed by atoms with van der Waals surface area (Å²) >= 11 is 0. The van der Waals surface area contributed by atoms with Gasteiger partial charge in [0.1, 0.15) is 5.75 Å². The van der Waals surface area contributed by atoms with Gasteiger partial charge in [0.05, 0.1) is 6.61 Å². The largest absolute Gasteiger partial charge is 0.494 e. The van der Waals surface area contributed by atoms with Gasteiger partial charge in [0, 0.05) is 0 Å². The maximum atomic E-state index is 5.64. The highest BCUT2D eigenvalue weighted by molar-refractivity contribution is 5.30. The smallest absolute Gasteiger partial charge is 0.119 e. The predicted molar refractivity (Wildman–Crippen MR) is 76.2 cm³/mol. The van der Waals surface area contributed by atoms with Gasteiger partial charge in [-0.1, -0.05) is 32.4 Å². The van der Waals surface area contributed by atoms with E-state index in [1.54, 1.807) is 0 Å². The summed E-state index contributed by atoms with van der Waals surface area (Å²) in [6.45, 7) is 7.55. The number of piperidine rings is 1. The summed E-state index contributed by atoms with van der Waals surface area (Å²) in [6, 6.07) is 8.76.